The van der Waals surface area contributed by atoms with Crippen LogP contribution in [-0.4, -0.2) is 35.2 Å². The van der Waals surface area contributed by atoms with E-state index in [1.54, 1.807) is 31.6 Å². The first kappa shape index (κ1) is 12.3. The van der Waals surface area contributed by atoms with Gasteiger partial charge in [0.05, 0.1) is 12.3 Å². The Hall–Kier alpha value is -2.21. The number of aromatic nitrogens is 3. The van der Waals surface area contributed by atoms with E-state index in [0.717, 1.165) is 5.56 Å². The molecular formula is C12H14N4O2. The zero-order valence-corrected chi connectivity index (χ0v) is 10.0. The Morgan fingerprint density at radius 2 is 2.17 bits per heavy atom. The van der Waals surface area contributed by atoms with Crippen LogP contribution in [0.4, 0.5) is 5.95 Å². The van der Waals surface area contributed by atoms with Crippen molar-refractivity contribution in [3.63, 3.8) is 0 Å². The second kappa shape index (κ2) is 5.92. The summed E-state index contributed by atoms with van der Waals surface area (Å²) >= 11 is 0. The average molecular weight is 246 g/mol. The molecule has 2 aromatic rings. The lowest BCUT2D eigenvalue weighted by Crippen LogP contribution is -2.15. The van der Waals surface area contributed by atoms with Gasteiger partial charge in [0.2, 0.25) is 5.95 Å². The Balaban J connectivity index is 2.24. The highest BCUT2D eigenvalue weighted by atomic mass is 16.5. The Morgan fingerprint density at radius 3 is 2.89 bits per heavy atom. The van der Waals surface area contributed by atoms with E-state index < -0.39 is 0 Å². The maximum atomic E-state index is 11.5. The molecule has 0 aliphatic heterocycles. The molecule has 2 heterocycles. The van der Waals surface area contributed by atoms with Crippen molar-refractivity contribution < 1.29 is 4.74 Å². The fourth-order valence-corrected chi connectivity index (χ4v) is 1.48. The molecule has 2 N–H and O–H groups in total. The summed E-state index contributed by atoms with van der Waals surface area (Å²) in [6.07, 6.45) is 3.33. The molecule has 0 aliphatic rings. The van der Waals surface area contributed by atoms with Gasteiger partial charge in [-0.2, -0.15) is 0 Å². The van der Waals surface area contributed by atoms with Crippen LogP contribution in [0.3, 0.4) is 0 Å². The Morgan fingerprint density at radius 1 is 1.39 bits per heavy atom. The molecule has 94 valence electrons. The topological polar surface area (TPSA) is 79.9 Å². The molecule has 0 bridgehead atoms. The van der Waals surface area contributed by atoms with Gasteiger partial charge in [-0.1, -0.05) is 0 Å². The zero-order chi connectivity index (χ0) is 12.8. The second-order valence-electron chi connectivity index (χ2n) is 3.63. The van der Waals surface area contributed by atoms with E-state index in [0.29, 0.717) is 24.8 Å². The van der Waals surface area contributed by atoms with Crippen molar-refractivity contribution in [2.75, 3.05) is 25.6 Å². The van der Waals surface area contributed by atoms with Crippen LogP contribution < -0.4 is 10.9 Å². The smallest absolute Gasteiger partial charge is 0.252 e. The summed E-state index contributed by atoms with van der Waals surface area (Å²) in [5.41, 5.74) is 1.27. The highest BCUT2D eigenvalue weighted by Crippen LogP contribution is 2.14. The minimum Gasteiger partial charge on any atom is -0.383 e. The van der Waals surface area contributed by atoms with Gasteiger partial charge < -0.3 is 10.1 Å². The first-order valence-corrected chi connectivity index (χ1v) is 5.54. The quantitative estimate of drug-likeness (QED) is 0.766. The minimum atomic E-state index is -0.197. The highest BCUT2D eigenvalue weighted by molar-refractivity contribution is 5.58. The summed E-state index contributed by atoms with van der Waals surface area (Å²) in [5, 5.41) is 2.99. The molecule has 0 amide bonds. The number of nitrogens with one attached hydrogen (secondary N) is 2. The van der Waals surface area contributed by atoms with Gasteiger partial charge in [0.25, 0.3) is 5.56 Å². The number of methoxy groups -OCH3 is 1. The molecule has 0 radical (unpaired) electrons. The molecule has 18 heavy (non-hydrogen) atoms. The summed E-state index contributed by atoms with van der Waals surface area (Å²) in [6, 6.07) is 5.07. The number of nitrogens with zero attached hydrogens (tertiary/aromatic N) is 2. The fraction of sp³-hybridized carbons (Fsp3) is 0.250. The molecule has 0 unspecified atom stereocenters. The maximum Gasteiger partial charge on any atom is 0.252 e. The maximum absolute atomic E-state index is 11.5. The van der Waals surface area contributed by atoms with Crippen LogP contribution in [0.5, 0.6) is 0 Å². The molecule has 0 atom stereocenters. The van der Waals surface area contributed by atoms with Gasteiger partial charge in [0.15, 0.2) is 0 Å². The third-order valence-electron chi connectivity index (χ3n) is 2.32. The number of hydrogen-bond donors (Lipinski definition) is 2. The molecule has 0 saturated heterocycles. The van der Waals surface area contributed by atoms with Gasteiger partial charge in [-0.3, -0.25) is 14.8 Å². The van der Waals surface area contributed by atoms with Gasteiger partial charge in [0.1, 0.15) is 0 Å². The summed E-state index contributed by atoms with van der Waals surface area (Å²) in [6.45, 7) is 1.13. The normalized spacial score (nSPS) is 10.3. The van der Waals surface area contributed by atoms with Crippen molar-refractivity contribution >= 4 is 5.95 Å². The van der Waals surface area contributed by atoms with Gasteiger partial charge in [-0.15, -0.1) is 0 Å². The Kier molecular flexibility index (Phi) is 4.03. The molecule has 6 heteroatoms. The lowest BCUT2D eigenvalue weighted by Gasteiger charge is -2.06. The van der Waals surface area contributed by atoms with Crippen molar-refractivity contribution in [2.24, 2.45) is 0 Å². The molecule has 0 aliphatic carbocycles. The van der Waals surface area contributed by atoms with Crippen molar-refractivity contribution in [2.45, 2.75) is 0 Å². The van der Waals surface area contributed by atoms with Crippen molar-refractivity contribution in [3.05, 3.63) is 40.9 Å². The van der Waals surface area contributed by atoms with E-state index in [1.165, 1.54) is 6.07 Å². The number of ether oxygens (including phenoxy) is 1. The predicted octanol–water partition coefficient (Wildman–Crippen LogP) is 0.890. The van der Waals surface area contributed by atoms with E-state index in [4.69, 9.17) is 4.74 Å². The van der Waals surface area contributed by atoms with Crippen molar-refractivity contribution in [1.29, 1.82) is 0 Å². The number of H-pyrrole nitrogens is 1. The molecule has 2 aromatic heterocycles. The van der Waals surface area contributed by atoms with Crippen LogP contribution in [0.15, 0.2) is 35.4 Å². The monoisotopic (exact) mass is 246 g/mol. The number of hydrogen-bond acceptors (Lipinski definition) is 5. The first-order chi connectivity index (χ1) is 8.79. The minimum absolute atomic E-state index is 0.197. The third kappa shape index (κ3) is 3.14. The van der Waals surface area contributed by atoms with Crippen molar-refractivity contribution in [1.82, 2.24) is 15.0 Å². The second-order valence-corrected chi connectivity index (χ2v) is 3.63. The number of pyridine rings is 1. The van der Waals surface area contributed by atoms with E-state index in [-0.39, 0.29) is 5.56 Å². The molecule has 2 rings (SSSR count). The SMILES string of the molecule is COCCNc1nc(-c2ccncc2)cc(=O)[nH]1. The van der Waals surface area contributed by atoms with E-state index in [9.17, 15) is 4.79 Å². The summed E-state index contributed by atoms with van der Waals surface area (Å²) in [7, 11) is 1.62. The van der Waals surface area contributed by atoms with Gasteiger partial charge in [-0.25, -0.2) is 4.98 Å². The number of anilines is 1. The van der Waals surface area contributed by atoms with Crippen LogP contribution in [-0.2, 0) is 4.74 Å². The average Bonchev–Trinajstić information content (AvgIpc) is 2.39. The van der Waals surface area contributed by atoms with E-state index >= 15 is 0 Å². The van der Waals surface area contributed by atoms with Crippen LogP contribution in [0, 0.1) is 0 Å². The van der Waals surface area contributed by atoms with Gasteiger partial charge in [0, 0.05) is 37.7 Å². The third-order valence-corrected chi connectivity index (χ3v) is 2.32. The molecular weight excluding hydrogens is 232 g/mol. The summed E-state index contributed by atoms with van der Waals surface area (Å²) < 4.78 is 4.92. The lowest BCUT2D eigenvalue weighted by molar-refractivity contribution is 0.210. The Bertz CT molecular complexity index is 554. The lowest BCUT2D eigenvalue weighted by atomic mass is 10.2. The van der Waals surface area contributed by atoms with Gasteiger partial charge in [-0.05, 0) is 12.1 Å². The standard InChI is InChI=1S/C12H14N4O2/c1-18-7-6-14-12-15-10(8-11(17)16-12)9-2-4-13-5-3-9/h2-5,8H,6-7H2,1H3,(H2,14,15,16,17). The number of aromatic amines is 1. The van der Waals surface area contributed by atoms with E-state index in [1.807, 2.05) is 0 Å². The van der Waals surface area contributed by atoms with Crippen molar-refractivity contribution in [3.8, 4) is 11.3 Å². The summed E-state index contributed by atoms with van der Waals surface area (Å²) in [5.74, 6) is 0.436. The summed E-state index contributed by atoms with van der Waals surface area (Å²) in [4.78, 5) is 22.4. The van der Waals surface area contributed by atoms with Crippen LogP contribution in [0.1, 0.15) is 0 Å². The van der Waals surface area contributed by atoms with Crippen LogP contribution in [0.2, 0.25) is 0 Å². The molecule has 0 spiro atoms. The Labute approximate surface area is 104 Å². The van der Waals surface area contributed by atoms with Gasteiger partial charge >= 0.3 is 0 Å². The highest BCUT2D eigenvalue weighted by Gasteiger charge is 2.03. The van der Waals surface area contributed by atoms with Crippen LogP contribution in [0.25, 0.3) is 11.3 Å². The van der Waals surface area contributed by atoms with Crippen LogP contribution >= 0.6 is 0 Å². The molecule has 0 saturated carbocycles. The molecule has 0 fully saturated rings. The zero-order valence-electron chi connectivity index (χ0n) is 10.0. The fourth-order valence-electron chi connectivity index (χ4n) is 1.48. The van der Waals surface area contributed by atoms with E-state index in [2.05, 4.69) is 20.3 Å². The predicted molar refractivity (Wildman–Crippen MR) is 68.5 cm³/mol. The first-order valence-electron chi connectivity index (χ1n) is 5.54. The molecule has 6 nitrogen and oxygen atoms in total. The largest absolute Gasteiger partial charge is 0.383 e. The number of rotatable bonds is 5. The molecule has 0 aromatic carbocycles.